The summed E-state index contributed by atoms with van der Waals surface area (Å²) in [6, 6.07) is 25.2. The fraction of sp³-hybridized carbons (Fsp3) is 0.300. The molecule has 4 aromatic carbocycles. The van der Waals surface area contributed by atoms with Crippen molar-refractivity contribution in [3.05, 3.63) is 125 Å². The number of carboxylic acids is 1. The molecule has 0 radical (unpaired) electrons. The molecule has 1 N–H and O–H groups in total. The number of aromatic nitrogens is 4. The van der Waals surface area contributed by atoms with E-state index in [0.717, 1.165) is 34.7 Å². The third kappa shape index (κ3) is 9.34. The summed E-state index contributed by atoms with van der Waals surface area (Å²) in [6.07, 6.45) is 0.955. The Balaban J connectivity index is 1.14. The minimum atomic E-state index is -1.45. The van der Waals surface area contributed by atoms with E-state index in [1.807, 2.05) is 43.3 Å². The van der Waals surface area contributed by atoms with Gasteiger partial charge in [-0.25, -0.2) is 29.1 Å². The molecule has 0 spiro atoms. The van der Waals surface area contributed by atoms with Gasteiger partial charge < -0.3 is 28.8 Å². The molecule has 7 aromatic rings. The van der Waals surface area contributed by atoms with Crippen LogP contribution < -0.4 is 23.7 Å². The highest BCUT2D eigenvalue weighted by Crippen LogP contribution is 2.50. The minimum absolute atomic E-state index is 0.0442. The molecule has 340 valence electrons. The molecule has 1 saturated heterocycles. The topological polar surface area (TPSA) is 141 Å². The van der Waals surface area contributed by atoms with E-state index in [2.05, 4.69) is 45.6 Å². The number of rotatable bonds is 9. The minimum Gasteiger partial charge on any atom is -0.496 e. The smallest absolute Gasteiger partial charge is 0.345 e. The first-order chi connectivity index (χ1) is 31.9. The molecule has 10 rings (SSSR count). The molecule has 0 saturated carbocycles. The summed E-state index contributed by atoms with van der Waals surface area (Å²) in [7, 11) is 3.74. The maximum atomic E-state index is 14.3. The number of halogens is 2. The van der Waals surface area contributed by atoms with Crippen molar-refractivity contribution in [2.75, 3.05) is 40.4 Å². The number of fused-ring (bicyclic) bond motifs is 7. The number of likely N-dealkylation sites (N-methyl/N-ethyl adjacent to an activating group) is 1. The highest BCUT2D eigenvalue weighted by molar-refractivity contribution is 7.22. The van der Waals surface area contributed by atoms with Gasteiger partial charge in [0.25, 0.3) is 0 Å². The molecule has 6 heterocycles. The van der Waals surface area contributed by atoms with E-state index in [1.165, 1.54) is 29.8 Å². The molecule has 66 heavy (non-hydrogen) atoms. The summed E-state index contributed by atoms with van der Waals surface area (Å²) in [5.41, 5.74) is 4.65. The number of hydrogen-bond acceptors (Lipinski definition) is 13. The van der Waals surface area contributed by atoms with Crippen LogP contribution >= 0.6 is 22.9 Å². The number of carbonyl (C=O) groups is 1. The fourth-order valence-electron chi connectivity index (χ4n) is 8.57. The Morgan fingerprint density at radius 3 is 2.52 bits per heavy atom. The second-order valence-corrected chi connectivity index (χ2v) is 18.0. The normalized spacial score (nSPS) is 19.1. The van der Waals surface area contributed by atoms with Crippen molar-refractivity contribution >= 4 is 39.1 Å². The first-order valence-electron chi connectivity index (χ1n) is 21.6. The zero-order valence-corrected chi connectivity index (χ0v) is 38.6. The van der Waals surface area contributed by atoms with Gasteiger partial charge in [-0.1, -0.05) is 41.9 Å². The van der Waals surface area contributed by atoms with Crippen LogP contribution in [0, 0.1) is 12.7 Å². The van der Waals surface area contributed by atoms with Crippen molar-refractivity contribution < 1.29 is 38.0 Å². The van der Waals surface area contributed by atoms with Gasteiger partial charge in [0.15, 0.2) is 5.82 Å². The van der Waals surface area contributed by atoms with Gasteiger partial charge in [-0.05, 0) is 99.1 Å². The lowest BCUT2D eigenvalue weighted by atomic mass is 9.96. The van der Waals surface area contributed by atoms with Gasteiger partial charge in [-0.2, -0.15) is 0 Å². The summed E-state index contributed by atoms with van der Waals surface area (Å²) in [5, 5.41) is 11.7. The van der Waals surface area contributed by atoms with Crippen LogP contribution in [-0.4, -0.2) is 106 Å². The van der Waals surface area contributed by atoms with Crippen LogP contribution in [0.15, 0.2) is 97.5 Å². The number of benzene rings is 4. The zero-order valence-electron chi connectivity index (χ0n) is 37.0. The molecule has 1 unspecified atom stereocenters. The molecule has 0 amide bonds. The Bertz CT molecular complexity index is 2890. The van der Waals surface area contributed by atoms with E-state index >= 15 is 0 Å². The molecule has 1 fully saturated rings. The van der Waals surface area contributed by atoms with Crippen LogP contribution in [0.5, 0.6) is 28.9 Å². The molecule has 4 atom stereocenters. The third-order valence-electron chi connectivity index (χ3n) is 12.2. The lowest BCUT2D eigenvalue weighted by Crippen LogP contribution is -2.57. The second kappa shape index (κ2) is 19.2. The molecule has 13 nitrogen and oxygen atoms in total. The van der Waals surface area contributed by atoms with Crippen molar-refractivity contribution in [2.24, 2.45) is 0 Å². The van der Waals surface area contributed by atoms with E-state index in [1.54, 1.807) is 49.7 Å². The molecule has 3 aliphatic heterocycles. The van der Waals surface area contributed by atoms with E-state index in [-0.39, 0.29) is 31.3 Å². The number of ether oxygens (including phenoxy) is 5. The van der Waals surface area contributed by atoms with Gasteiger partial charge in [0.05, 0.1) is 28.8 Å². The van der Waals surface area contributed by atoms with E-state index in [4.69, 9.17) is 40.3 Å². The second-order valence-electron chi connectivity index (χ2n) is 16.6. The van der Waals surface area contributed by atoms with Crippen LogP contribution in [0.25, 0.3) is 43.2 Å². The largest absolute Gasteiger partial charge is 0.496 e. The van der Waals surface area contributed by atoms with Crippen LogP contribution in [0.1, 0.15) is 30.7 Å². The molecule has 4 bridgehead atoms. The summed E-state index contributed by atoms with van der Waals surface area (Å²) in [6.45, 7) is 8.78. The van der Waals surface area contributed by atoms with Crippen molar-refractivity contribution in [2.45, 2.75) is 58.1 Å². The summed E-state index contributed by atoms with van der Waals surface area (Å²) in [4.78, 5) is 37.7. The number of carboxylic acid groups (broad SMARTS) is 1. The zero-order chi connectivity index (χ0) is 46.1. The van der Waals surface area contributed by atoms with Crippen LogP contribution in [0.3, 0.4) is 0 Å². The van der Waals surface area contributed by atoms with Gasteiger partial charge in [0.1, 0.15) is 59.3 Å². The Morgan fingerprint density at radius 2 is 1.74 bits per heavy atom. The quantitative estimate of drug-likeness (QED) is 0.147. The molecular weight excluding hydrogens is 883 g/mol. The van der Waals surface area contributed by atoms with Crippen LogP contribution in [0.4, 0.5) is 4.39 Å². The number of para-hydroxylation sites is 1. The van der Waals surface area contributed by atoms with Gasteiger partial charge in [-0.3, -0.25) is 9.80 Å². The van der Waals surface area contributed by atoms with Crippen LogP contribution in [0.2, 0.25) is 5.02 Å². The van der Waals surface area contributed by atoms with E-state index < -0.39 is 18.2 Å². The molecule has 3 aliphatic rings. The first kappa shape index (κ1) is 44.8. The lowest BCUT2D eigenvalue weighted by Gasteiger charge is -2.43. The number of aliphatic carboxylic acids is 1. The predicted octanol–water partition coefficient (Wildman–Crippen LogP) is 9.41. The SMILES string of the molecule is COc1ccccc1-c1nccc(COc2ccc3cc2C[C@H](C(=O)O)Oc2ncnc4sc(-c5ccc(F)cc5)c(c24)-c2ccc(c(Cl)c2C)OC(CN2C[C@@H](C)N(C)[C@@H](C)C2)CO3)n1. The lowest BCUT2D eigenvalue weighted by molar-refractivity contribution is -0.145. The van der Waals surface area contributed by atoms with E-state index in [0.29, 0.717) is 85.1 Å². The highest BCUT2D eigenvalue weighted by atomic mass is 35.5. The van der Waals surface area contributed by atoms with Gasteiger partial charge in [-0.15, -0.1) is 11.3 Å². The highest BCUT2D eigenvalue weighted by Gasteiger charge is 2.32. The molecular formula is C50H48ClFN6O7S. The summed E-state index contributed by atoms with van der Waals surface area (Å²) >= 11 is 8.64. The number of hydrogen-bond donors (Lipinski definition) is 1. The van der Waals surface area contributed by atoms with Gasteiger partial charge in [0.2, 0.25) is 12.0 Å². The maximum absolute atomic E-state index is 14.3. The van der Waals surface area contributed by atoms with Crippen molar-refractivity contribution in [3.8, 4) is 61.8 Å². The number of nitrogens with zero attached hydrogens (tertiary/aromatic N) is 6. The standard InChI is InChI=1S/C50H48ClFN6O7S/c1-28-22-58(23-29(2)57(28)4)24-36-26-62-35-14-16-39(63-25-34-18-19-53-47(56-34)38-8-6-7-9-40(38)61-5)32(20-35)21-42(50(59)60)65-48-44-43(37-15-17-41(64-36)45(51)30(37)3)46(66-49(44)55-27-54-48)31-10-12-33(52)13-11-31/h6-20,27-29,36,42H,21-26H2,1-5H3,(H,59,60)/t28-,29+,36?,42-/m1/s1. The first-order valence-corrected chi connectivity index (χ1v) is 22.8. The summed E-state index contributed by atoms with van der Waals surface area (Å²) in [5.74, 6) is 0.919. The summed E-state index contributed by atoms with van der Waals surface area (Å²) < 4.78 is 46.1. The predicted molar refractivity (Wildman–Crippen MR) is 252 cm³/mol. The fourth-order valence-corrected chi connectivity index (χ4v) is 9.93. The molecule has 16 heteroatoms. The monoisotopic (exact) mass is 930 g/mol. The Kier molecular flexibility index (Phi) is 13.0. The average molecular weight is 931 g/mol. The van der Waals surface area contributed by atoms with Crippen molar-refractivity contribution in [1.29, 1.82) is 0 Å². The van der Waals surface area contributed by atoms with E-state index in [9.17, 15) is 14.3 Å². The Labute approximate surface area is 390 Å². The number of methoxy groups -OCH3 is 1. The van der Waals surface area contributed by atoms with Crippen molar-refractivity contribution in [1.82, 2.24) is 29.7 Å². The number of piperazine rings is 1. The van der Waals surface area contributed by atoms with Gasteiger partial charge >= 0.3 is 5.97 Å². The van der Waals surface area contributed by atoms with Gasteiger partial charge in [0, 0.05) is 60.3 Å². The Hall–Kier alpha value is -6.39. The third-order valence-corrected chi connectivity index (χ3v) is 13.8. The number of thiophene rings is 1. The van der Waals surface area contributed by atoms with Crippen molar-refractivity contribution in [3.63, 3.8) is 0 Å². The molecule has 3 aromatic heterocycles. The van der Waals surface area contributed by atoms with Crippen LogP contribution in [-0.2, 0) is 17.8 Å². The Morgan fingerprint density at radius 1 is 0.955 bits per heavy atom. The average Bonchev–Trinajstić information content (AvgIpc) is 3.71. The molecule has 0 aliphatic carbocycles. The maximum Gasteiger partial charge on any atom is 0.345 e.